The molecule has 8 nitrogen and oxygen atoms in total. The van der Waals surface area contributed by atoms with Gasteiger partial charge in [0.2, 0.25) is 11.8 Å². The van der Waals surface area contributed by atoms with Crippen LogP contribution in [0.4, 0.5) is 4.79 Å². The van der Waals surface area contributed by atoms with Crippen LogP contribution < -0.4 is 10.6 Å². The molecule has 0 fully saturated rings. The molecule has 9 heteroatoms. The molecule has 3 N–H and O–H groups in total. The van der Waals surface area contributed by atoms with Crippen molar-refractivity contribution in [3.8, 4) is 5.75 Å². The van der Waals surface area contributed by atoms with E-state index in [-0.39, 0.29) is 18.0 Å². The summed E-state index contributed by atoms with van der Waals surface area (Å²) in [6.45, 7) is 13.2. The third-order valence-electron chi connectivity index (χ3n) is 5.50. The molecule has 0 aliphatic heterocycles. The third kappa shape index (κ3) is 12.1. The van der Waals surface area contributed by atoms with Crippen molar-refractivity contribution in [3.05, 3.63) is 29.8 Å². The number of hydrogen-bond acceptors (Lipinski definition) is 6. The summed E-state index contributed by atoms with van der Waals surface area (Å²) in [7, 11) is 0. The predicted octanol–water partition coefficient (Wildman–Crippen LogP) is 5.36. The largest absolute Gasteiger partial charge is 0.508 e. The summed E-state index contributed by atoms with van der Waals surface area (Å²) < 4.78 is 5.34. The highest BCUT2D eigenvalue weighted by Crippen LogP contribution is 2.31. The first-order chi connectivity index (χ1) is 17.2. The van der Waals surface area contributed by atoms with Crippen molar-refractivity contribution in [1.29, 1.82) is 0 Å². The Labute approximate surface area is 228 Å². The molecule has 0 aliphatic rings. The van der Waals surface area contributed by atoms with Crippen molar-refractivity contribution >= 4 is 30.5 Å². The maximum Gasteiger partial charge on any atom is 0.408 e. The number of unbranched alkanes of at least 4 members (excludes halogenated alkanes) is 5. The third-order valence-corrected chi connectivity index (χ3v) is 5.86. The Morgan fingerprint density at radius 1 is 1.00 bits per heavy atom. The fraction of sp³-hybridized carbons (Fsp3) is 0.679. The smallest absolute Gasteiger partial charge is 0.408 e. The van der Waals surface area contributed by atoms with Gasteiger partial charge in [0.1, 0.15) is 23.4 Å². The number of thiol groups is 1. The Bertz CT molecular complexity index is 879. The van der Waals surface area contributed by atoms with E-state index >= 15 is 0 Å². The Hall–Kier alpha value is -2.42. The molecule has 0 radical (unpaired) electrons. The van der Waals surface area contributed by atoms with Gasteiger partial charge in [-0.3, -0.25) is 9.59 Å². The number of phenolic OH excluding ortho intramolecular Hbond substituents is 1. The van der Waals surface area contributed by atoms with Crippen LogP contribution in [-0.2, 0) is 14.3 Å². The van der Waals surface area contributed by atoms with E-state index in [1.807, 2.05) is 20.8 Å². The second-order valence-electron chi connectivity index (χ2n) is 11.4. The number of rotatable bonds is 13. The molecule has 0 aliphatic carbocycles. The Balaban J connectivity index is 3.37. The van der Waals surface area contributed by atoms with Gasteiger partial charge in [0, 0.05) is 23.4 Å². The van der Waals surface area contributed by atoms with Crippen LogP contribution in [0.1, 0.15) is 98.6 Å². The van der Waals surface area contributed by atoms with Crippen molar-refractivity contribution in [2.75, 3.05) is 12.3 Å². The maximum atomic E-state index is 13.9. The first-order valence-electron chi connectivity index (χ1n) is 13.2. The monoisotopic (exact) mass is 537 g/mol. The summed E-state index contributed by atoms with van der Waals surface area (Å²) in [5.41, 5.74) is -0.984. The summed E-state index contributed by atoms with van der Waals surface area (Å²) in [5, 5.41) is 16.2. The van der Waals surface area contributed by atoms with Gasteiger partial charge in [0.25, 0.3) is 0 Å². The van der Waals surface area contributed by atoms with E-state index in [1.165, 1.54) is 11.0 Å². The summed E-state index contributed by atoms with van der Waals surface area (Å²) in [5.74, 6) is -0.950. The van der Waals surface area contributed by atoms with Crippen LogP contribution in [0.3, 0.4) is 0 Å². The van der Waals surface area contributed by atoms with Crippen LogP contribution >= 0.6 is 12.6 Å². The zero-order valence-electron chi connectivity index (χ0n) is 23.6. The van der Waals surface area contributed by atoms with Gasteiger partial charge in [-0.2, -0.15) is 12.6 Å². The number of para-hydroxylation sites is 1. The van der Waals surface area contributed by atoms with E-state index in [0.29, 0.717) is 12.0 Å². The zero-order valence-corrected chi connectivity index (χ0v) is 24.5. The quantitative estimate of drug-likeness (QED) is 0.200. The van der Waals surface area contributed by atoms with Gasteiger partial charge in [-0.25, -0.2) is 4.79 Å². The van der Waals surface area contributed by atoms with Crippen LogP contribution in [0.2, 0.25) is 0 Å². The lowest BCUT2D eigenvalue weighted by molar-refractivity contribution is -0.142. The fourth-order valence-corrected chi connectivity index (χ4v) is 4.12. The normalized spacial score (nSPS) is 13.4. The maximum absolute atomic E-state index is 13.9. The number of carbonyl (C=O) groups excluding carboxylic acids is 3. The van der Waals surface area contributed by atoms with Crippen molar-refractivity contribution < 1.29 is 24.2 Å². The molecule has 210 valence electrons. The molecular formula is C28H47N3O5S. The minimum atomic E-state index is -1.09. The average molecular weight is 538 g/mol. The fourth-order valence-electron chi connectivity index (χ4n) is 3.87. The SMILES string of the molecule is CCCCCCCCN(C(=O)C(CS)NC(=O)OC(C)(C)C)C(C(=O)NC(C)(C)C)c1ccccc1O. The minimum absolute atomic E-state index is 0.0134. The van der Waals surface area contributed by atoms with Crippen molar-refractivity contribution in [3.63, 3.8) is 0 Å². The van der Waals surface area contributed by atoms with Gasteiger partial charge in [0.15, 0.2) is 0 Å². The van der Waals surface area contributed by atoms with E-state index in [1.54, 1.807) is 39.0 Å². The van der Waals surface area contributed by atoms with E-state index in [0.717, 1.165) is 32.1 Å². The lowest BCUT2D eigenvalue weighted by Gasteiger charge is -2.36. The summed E-state index contributed by atoms with van der Waals surface area (Å²) in [4.78, 5) is 41.4. The van der Waals surface area contributed by atoms with Crippen molar-refractivity contribution in [2.24, 2.45) is 0 Å². The lowest BCUT2D eigenvalue weighted by atomic mass is 9.99. The molecule has 0 saturated carbocycles. The van der Waals surface area contributed by atoms with Crippen LogP contribution in [0.25, 0.3) is 0 Å². The molecule has 37 heavy (non-hydrogen) atoms. The number of hydrogen-bond donors (Lipinski definition) is 4. The van der Waals surface area contributed by atoms with E-state index in [2.05, 4.69) is 30.2 Å². The van der Waals surface area contributed by atoms with E-state index in [9.17, 15) is 19.5 Å². The van der Waals surface area contributed by atoms with E-state index in [4.69, 9.17) is 4.74 Å². The Morgan fingerprint density at radius 3 is 2.14 bits per heavy atom. The Kier molecular flexibility index (Phi) is 13.3. The van der Waals surface area contributed by atoms with Crippen molar-refractivity contribution in [2.45, 2.75) is 110 Å². The van der Waals surface area contributed by atoms with Crippen LogP contribution in [0, 0.1) is 0 Å². The Morgan fingerprint density at radius 2 is 1.59 bits per heavy atom. The molecule has 2 atom stereocenters. The highest BCUT2D eigenvalue weighted by atomic mass is 32.1. The molecule has 1 rings (SSSR count). The van der Waals surface area contributed by atoms with Crippen LogP contribution in [-0.4, -0.2) is 57.4 Å². The number of nitrogens with zero attached hydrogens (tertiary/aromatic N) is 1. The molecule has 0 aromatic heterocycles. The lowest BCUT2D eigenvalue weighted by Crippen LogP contribution is -2.55. The van der Waals surface area contributed by atoms with Gasteiger partial charge in [-0.05, 0) is 54.0 Å². The number of alkyl carbamates (subject to hydrolysis) is 1. The number of benzene rings is 1. The number of amides is 3. The summed E-state index contributed by atoms with van der Waals surface area (Å²) >= 11 is 4.31. The first-order valence-corrected chi connectivity index (χ1v) is 13.8. The molecular weight excluding hydrogens is 490 g/mol. The van der Waals surface area contributed by atoms with Gasteiger partial charge in [-0.15, -0.1) is 0 Å². The molecule has 0 bridgehead atoms. The average Bonchev–Trinajstić information content (AvgIpc) is 2.77. The van der Waals surface area contributed by atoms with Gasteiger partial charge in [0.05, 0.1) is 0 Å². The number of carbonyl (C=O) groups is 3. The molecule has 0 heterocycles. The molecule has 1 aromatic rings. The van der Waals surface area contributed by atoms with Crippen LogP contribution in [0.5, 0.6) is 5.75 Å². The first kappa shape index (κ1) is 32.6. The predicted molar refractivity (Wildman–Crippen MR) is 151 cm³/mol. The molecule has 0 spiro atoms. The standard InChI is InChI=1S/C28H47N3O5S/c1-8-9-10-11-12-15-18-31(25(34)21(19-37)29-26(35)36-28(5,6)7)23(24(33)30-27(2,3)4)20-16-13-14-17-22(20)32/h13-14,16-17,21,23,32,37H,8-12,15,18-19H2,1-7H3,(H,29,35)(H,30,33). The molecule has 3 amide bonds. The highest BCUT2D eigenvalue weighted by Gasteiger charge is 2.37. The molecule has 1 aromatic carbocycles. The van der Waals surface area contributed by atoms with Crippen LogP contribution in [0.15, 0.2) is 24.3 Å². The number of phenols is 1. The highest BCUT2D eigenvalue weighted by molar-refractivity contribution is 7.80. The van der Waals surface area contributed by atoms with Gasteiger partial charge >= 0.3 is 6.09 Å². The topological polar surface area (TPSA) is 108 Å². The number of aromatic hydroxyl groups is 1. The second-order valence-corrected chi connectivity index (χ2v) is 11.7. The van der Waals surface area contributed by atoms with Gasteiger partial charge < -0.3 is 25.4 Å². The summed E-state index contributed by atoms with van der Waals surface area (Å²) in [6, 6.07) is 4.41. The van der Waals surface area contributed by atoms with Gasteiger partial charge in [-0.1, -0.05) is 57.2 Å². The molecule has 2 unspecified atom stereocenters. The van der Waals surface area contributed by atoms with Crippen molar-refractivity contribution in [1.82, 2.24) is 15.5 Å². The second kappa shape index (κ2) is 15.1. The number of nitrogens with one attached hydrogen (secondary N) is 2. The zero-order chi connectivity index (χ0) is 28.2. The summed E-state index contributed by atoms with van der Waals surface area (Å²) in [6.07, 6.45) is 5.25. The van der Waals surface area contributed by atoms with E-state index < -0.39 is 41.1 Å². The molecule has 0 saturated heterocycles. The number of ether oxygens (including phenoxy) is 1. The minimum Gasteiger partial charge on any atom is -0.508 e.